The normalized spacial score (nSPS) is 9.86. The van der Waals surface area contributed by atoms with Crippen LogP contribution in [0.15, 0.2) is 48.5 Å². The van der Waals surface area contributed by atoms with Gasteiger partial charge in [0.15, 0.2) is 0 Å². The summed E-state index contributed by atoms with van der Waals surface area (Å²) in [5.41, 5.74) is 0.129. The Labute approximate surface area is 188 Å². The Bertz CT molecular complexity index is 814. The summed E-state index contributed by atoms with van der Waals surface area (Å²) in [6.07, 6.45) is 0. The van der Waals surface area contributed by atoms with Gasteiger partial charge in [-0.25, -0.2) is 23.4 Å². The third kappa shape index (κ3) is 12.5. The fraction of sp³-hybridized carbons (Fsp3) is 0. The summed E-state index contributed by atoms with van der Waals surface area (Å²) in [6.45, 7) is 0. The molecule has 2 aromatic rings. The van der Waals surface area contributed by atoms with Crippen LogP contribution in [0.1, 0.15) is 41.4 Å². The van der Waals surface area contributed by atoms with Crippen LogP contribution in [0.25, 0.3) is 0 Å². The molecule has 0 aliphatic heterocycles. The van der Waals surface area contributed by atoms with Gasteiger partial charge in [-0.1, -0.05) is 6.07 Å². The number of aromatic carboxylic acids is 4. The Morgan fingerprint density at radius 2 is 0.897 bits per heavy atom. The van der Waals surface area contributed by atoms with Crippen molar-refractivity contribution in [2.45, 2.75) is 0 Å². The monoisotopic (exact) mass is 436 g/mol. The molecule has 0 saturated carbocycles. The number of carbonyl (C=O) groups is 4. The Morgan fingerprint density at radius 1 is 0.655 bits per heavy atom. The molecule has 0 saturated heterocycles. The maximum absolute atomic E-state index is 10.4. The van der Waals surface area contributed by atoms with Gasteiger partial charge in [0.25, 0.3) is 0 Å². The number of hydrogen-bond donors (Lipinski definition) is 5. The maximum atomic E-state index is 10.4. The van der Waals surface area contributed by atoms with E-state index in [0.29, 0.717) is 0 Å². The first-order chi connectivity index (χ1) is 13.0. The zero-order chi connectivity index (χ0) is 21.9. The predicted molar refractivity (Wildman–Crippen MR) is 92.3 cm³/mol. The summed E-state index contributed by atoms with van der Waals surface area (Å²) in [5, 5.41) is 33.9. The van der Waals surface area contributed by atoms with E-state index >= 15 is 0 Å². The van der Waals surface area contributed by atoms with E-state index in [4.69, 9.17) is 33.7 Å². The molecule has 29 heavy (non-hydrogen) atoms. The predicted octanol–water partition coefficient (Wildman–Crippen LogP) is -1.49. The van der Waals surface area contributed by atoms with Gasteiger partial charge in [0, 0.05) is 0 Å². The van der Waals surface area contributed by atoms with Crippen molar-refractivity contribution in [3.63, 3.8) is 0 Å². The molecule has 0 fully saturated rings. The van der Waals surface area contributed by atoms with Gasteiger partial charge in [-0.2, -0.15) is 0 Å². The fourth-order valence-electron chi connectivity index (χ4n) is 1.54. The van der Waals surface area contributed by atoms with E-state index in [9.17, 15) is 19.2 Å². The van der Waals surface area contributed by atoms with Crippen molar-refractivity contribution in [3.8, 4) is 0 Å². The number of carboxylic acid groups (broad SMARTS) is 4. The van der Waals surface area contributed by atoms with Crippen LogP contribution in [0.4, 0.5) is 0 Å². The van der Waals surface area contributed by atoms with Crippen molar-refractivity contribution >= 4 is 35.2 Å². The van der Waals surface area contributed by atoms with Gasteiger partial charge in [-0.3, -0.25) is 0 Å². The summed E-state index contributed by atoms with van der Waals surface area (Å²) in [7, 11) is 0. The number of carboxylic acids is 4. The third-order valence-corrected chi connectivity index (χ3v) is 2.74. The molecule has 0 radical (unpaired) electrons. The number of rotatable bonds is 4. The molecule has 2 rings (SSSR count). The molecule has 11 nitrogen and oxygen atoms in total. The molecule has 0 aromatic heterocycles. The van der Waals surface area contributed by atoms with Crippen LogP contribution >= 0.6 is 0 Å². The zero-order valence-electron chi connectivity index (χ0n) is 14.7. The van der Waals surface area contributed by atoms with Crippen LogP contribution in [0, 0.1) is 0 Å². The van der Waals surface area contributed by atoms with Gasteiger partial charge in [0.2, 0.25) is 0 Å². The molecule has 150 valence electrons. The van der Waals surface area contributed by atoms with Gasteiger partial charge in [0.05, 0.1) is 33.6 Å². The molecule has 0 amide bonds. The molecule has 5 N–H and O–H groups in total. The van der Waals surface area contributed by atoms with E-state index < -0.39 is 35.2 Å². The minimum atomic E-state index is -2.86. The van der Waals surface area contributed by atoms with E-state index in [1.54, 1.807) is 0 Å². The van der Waals surface area contributed by atoms with E-state index in [-0.39, 0.29) is 51.8 Å². The first-order valence-electron chi connectivity index (χ1n) is 6.87. The van der Waals surface area contributed by atoms with Gasteiger partial charge in [-0.15, -0.1) is 0 Å². The van der Waals surface area contributed by atoms with Crippen molar-refractivity contribution in [1.29, 1.82) is 0 Å². The summed E-state index contributed by atoms with van der Waals surface area (Å²) >= 11 is -2.86. The van der Waals surface area contributed by atoms with Gasteiger partial charge < -0.3 is 29.5 Å². The molecule has 0 bridgehead atoms. The minimum absolute atomic E-state index is 0. The SMILES string of the molecule is O=C(O)c1ccc(C(=O)O)cc1.O=C(O)c1cccc(C(=O)O)c1.O=S([O-])O.[Na+]. The average molecular weight is 436 g/mol. The minimum Gasteiger partial charge on any atom is -0.750 e. The van der Waals surface area contributed by atoms with Crippen LogP contribution < -0.4 is 29.6 Å². The molecule has 0 aliphatic rings. The zero-order valence-corrected chi connectivity index (χ0v) is 17.5. The number of benzene rings is 2. The van der Waals surface area contributed by atoms with E-state index in [0.717, 1.165) is 6.07 Å². The molecule has 0 heterocycles. The van der Waals surface area contributed by atoms with Crippen molar-refractivity contribution in [1.82, 2.24) is 0 Å². The van der Waals surface area contributed by atoms with Gasteiger partial charge >= 0.3 is 53.4 Å². The summed E-state index contributed by atoms with van der Waals surface area (Å²) in [5.74, 6) is -4.38. The van der Waals surface area contributed by atoms with Crippen molar-refractivity contribution in [2.24, 2.45) is 0 Å². The average Bonchev–Trinajstić information content (AvgIpc) is 2.62. The summed E-state index contributed by atoms with van der Waals surface area (Å²) in [6, 6.07) is 10.2. The van der Waals surface area contributed by atoms with E-state index in [1.165, 1.54) is 42.5 Å². The van der Waals surface area contributed by atoms with Gasteiger partial charge in [-0.05, 0) is 42.5 Å². The van der Waals surface area contributed by atoms with Crippen molar-refractivity contribution < 1.29 is 82.5 Å². The topological polar surface area (TPSA) is 210 Å². The Kier molecular flexibility index (Phi) is 14.2. The van der Waals surface area contributed by atoms with E-state index in [1.807, 2.05) is 0 Å². The van der Waals surface area contributed by atoms with Crippen LogP contribution in [0.2, 0.25) is 0 Å². The molecule has 2 aromatic carbocycles. The largest absolute Gasteiger partial charge is 1.00 e. The fourth-order valence-corrected chi connectivity index (χ4v) is 1.54. The molecule has 13 heteroatoms. The van der Waals surface area contributed by atoms with E-state index in [2.05, 4.69) is 0 Å². The molecular weight excluding hydrogens is 423 g/mol. The maximum Gasteiger partial charge on any atom is 1.00 e. The van der Waals surface area contributed by atoms with Crippen LogP contribution in [0.3, 0.4) is 0 Å². The summed E-state index contributed by atoms with van der Waals surface area (Å²) < 4.78 is 24.1. The van der Waals surface area contributed by atoms with Crippen LogP contribution in [-0.2, 0) is 11.4 Å². The Hall–Kier alpha value is -2.61. The molecule has 1 unspecified atom stereocenters. The molecular formula is C16H13NaO11S. The Morgan fingerprint density at radius 3 is 1.10 bits per heavy atom. The Balaban J connectivity index is 0. The number of hydrogen-bond acceptors (Lipinski definition) is 6. The summed E-state index contributed by atoms with van der Waals surface area (Å²) in [4.78, 5) is 41.4. The second-order valence-electron chi connectivity index (χ2n) is 4.60. The molecule has 0 aliphatic carbocycles. The third-order valence-electron chi connectivity index (χ3n) is 2.74. The van der Waals surface area contributed by atoms with Crippen molar-refractivity contribution in [2.75, 3.05) is 0 Å². The second-order valence-corrected chi connectivity index (χ2v) is 5.03. The standard InChI is InChI=1S/2C8H6O4.Na.H2O3S/c9-7(10)5-1-2-6(4-3-5)8(11)12;9-7(10)5-2-1-3-6(4-5)8(11)12;;1-4(2)3/h2*1-4H,(H,9,10)(H,11,12);;(H2,1,2,3)/q;;+1;/p-1. The van der Waals surface area contributed by atoms with Crippen LogP contribution in [0.5, 0.6) is 0 Å². The molecule has 0 spiro atoms. The first kappa shape index (κ1) is 28.6. The molecule has 1 atom stereocenters. The quantitative estimate of drug-likeness (QED) is 0.275. The van der Waals surface area contributed by atoms with Crippen molar-refractivity contribution in [3.05, 3.63) is 70.8 Å². The van der Waals surface area contributed by atoms with Gasteiger partial charge in [0.1, 0.15) is 0 Å². The van der Waals surface area contributed by atoms with Crippen LogP contribution in [-0.4, -0.2) is 57.6 Å². The smallest absolute Gasteiger partial charge is 0.750 e. The first-order valence-corrected chi connectivity index (χ1v) is 7.90. The second kappa shape index (κ2) is 14.4.